The molecule has 1 aliphatic carbocycles. The maximum Gasteiger partial charge on any atom is 0.573 e. The summed E-state index contributed by atoms with van der Waals surface area (Å²) in [5.41, 5.74) is 2.18. The number of nitrogens with zero attached hydrogens (tertiary/aromatic N) is 1. The lowest BCUT2D eigenvalue weighted by molar-refractivity contribution is -0.274. The zero-order valence-corrected chi connectivity index (χ0v) is 15.5. The van der Waals surface area contributed by atoms with Crippen molar-refractivity contribution in [3.8, 4) is 5.75 Å². The van der Waals surface area contributed by atoms with Gasteiger partial charge in [-0.3, -0.25) is 4.90 Å². The second-order valence-electron chi connectivity index (χ2n) is 7.55. The van der Waals surface area contributed by atoms with Crippen LogP contribution in [0, 0.1) is 17.8 Å². The topological polar surface area (TPSA) is 12.5 Å². The van der Waals surface area contributed by atoms with Crippen molar-refractivity contribution < 1.29 is 17.9 Å². The van der Waals surface area contributed by atoms with Crippen LogP contribution in [0.4, 0.5) is 13.2 Å². The number of ether oxygens (including phenoxy) is 1. The molecule has 2 aromatic carbocycles. The molecule has 0 bridgehead atoms. The Kier molecular flexibility index (Phi) is 5.08. The van der Waals surface area contributed by atoms with Gasteiger partial charge in [0.25, 0.3) is 0 Å². The van der Waals surface area contributed by atoms with E-state index >= 15 is 0 Å². The molecule has 6 heteroatoms. The zero-order chi connectivity index (χ0) is 19.0. The molecular weight excluding hydrogens is 375 g/mol. The van der Waals surface area contributed by atoms with Crippen LogP contribution in [0.5, 0.6) is 5.75 Å². The molecule has 2 unspecified atom stereocenters. The Balaban J connectivity index is 1.23. The van der Waals surface area contributed by atoms with Gasteiger partial charge in [0.1, 0.15) is 5.75 Å². The Bertz CT molecular complexity index is 781. The number of hydrogen-bond acceptors (Lipinski definition) is 2. The Hall–Kier alpha value is -1.72. The molecule has 1 aliphatic heterocycles. The summed E-state index contributed by atoms with van der Waals surface area (Å²) in [5.74, 6) is 2.02. The van der Waals surface area contributed by atoms with E-state index in [-0.39, 0.29) is 5.75 Å². The van der Waals surface area contributed by atoms with E-state index in [1.54, 1.807) is 6.07 Å². The van der Waals surface area contributed by atoms with Gasteiger partial charge in [0, 0.05) is 24.7 Å². The van der Waals surface area contributed by atoms with E-state index in [0.717, 1.165) is 54.9 Å². The first-order chi connectivity index (χ1) is 12.9. The van der Waals surface area contributed by atoms with E-state index in [1.807, 2.05) is 18.2 Å². The number of fused-ring (bicyclic) bond motifs is 1. The Morgan fingerprint density at radius 2 is 1.70 bits per heavy atom. The number of piperidine rings is 1. The lowest BCUT2D eigenvalue weighted by Gasteiger charge is -2.19. The van der Waals surface area contributed by atoms with Crippen molar-refractivity contribution in [1.29, 1.82) is 0 Å². The van der Waals surface area contributed by atoms with Crippen LogP contribution in [0.15, 0.2) is 48.5 Å². The Morgan fingerprint density at radius 3 is 2.37 bits per heavy atom. The predicted octanol–water partition coefficient (Wildman–Crippen LogP) is 5.55. The fourth-order valence-corrected chi connectivity index (χ4v) is 4.50. The van der Waals surface area contributed by atoms with Gasteiger partial charge in [-0.2, -0.15) is 0 Å². The number of benzene rings is 2. The maximum atomic E-state index is 12.3. The molecule has 0 spiro atoms. The molecule has 2 nitrogen and oxygen atoms in total. The number of rotatable bonds is 6. The molecule has 2 aromatic rings. The summed E-state index contributed by atoms with van der Waals surface area (Å²) in [6.07, 6.45) is -2.82. The zero-order valence-electron chi connectivity index (χ0n) is 14.8. The van der Waals surface area contributed by atoms with Gasteiger partial charge in [0.05, 0.1) is 0 Å². The third-order valence-electron chi connectivity index (χ3n) is 5.66. The molecule has 0 N–H and O–H groups in total. The molecule has 27 heavy (non-hydrogen) atoms. The first-order valence-electron chi connectivity index (χ1n) is 9.19. The van der Waals surface area contributed by atoms with Crippen LogP contribution in [0.25, 0.3) is 0 Å². The largest absolute Gasteiger partial charge is 0.573 e. The molecular formula is C21H21ClF3NO. The molecule has 0 radical (unpaired) electrons. The van der Waals surface area contributed by atoms with Crippen molar-refractivity contribution in [2.75, 3.05) is 13.1 Å². The van der Waals surface area contributed by atoms with Gasteiger partial charge in [0.15, 0.2) is 0 Å². The molecule has 4 rings (SSSR count). The number of alkyl halides is 3. The quantitative estimate of drug-likeness (QED) is 0.635. The number of likely N-dealkylation sites (tertiary alicyclic amines) is 1. The van der Waals surface area contributed by atoms with E-state index in [0.29, 0.717) is 5.92 Å². The second-order valence-corrected chi connectivity index (χ2v) is 7.98. The van der Waals surface area contributed by atoms with Crippen molar-refractivity contribution >= 4 is 11.6 Å². The summed E-state index contributed by atoms with van der Waals surface area (Å²) in [6, 6.07) is 14.3. The van der Waals surface area contributed by atoms with Crippen molar-refractivity contribution in [2.45, 2.75) is 25.7 Å². The van der Waals surface area contributed by atoms with Crippen LogP contribution in [0.2, 0.25) is 5.02 Å². The third-order valence-corrected chi connectivity index (χ3v) is 5.92. The summed E-state index contributed by atoms with van der Waals surface area (Å²) >= 11 is 5.93. The van der Waals surface area contributed by atoms with Crippen molar-refractivity contribution in [2.24, 2.45) is 17.8 Å². The predicted molar refractivity (Wildman–Crippen MR) is 98.6 cm³/mol. The van der Waals surface area contributed by atoms with Gasteiger partial charge >= 0.3 is 6.36 Å². The minimum atomic E-state index is -4.64. The lowest BCUT2D eigenvalue weighted by Crippen LogP contribution is -2.24. The van der Waals surface area contributed by atoms with Crippen molar-refractivity contribution in [1.82, 2.24) is 4.90 Å². The number of aryl methyl sites for hydroxylation is 1. The van der Waals surface area contributed by atoms with Gasteiger partial charge in [-0.05, 0) is 66.0 Å². The fourth-order valence-electron chi connectivity index (χ4n) is 4.37. The van der Waals surface area contributed by atoms with Gasteiger partial charge in [0.2, 0.25) is 0 Å². The van der Waals surface area contributed by atoms with Crippen molar-refractivity contribution in [3.05, 3.63) is 64.7 Å². The molecule has 0 amide bonds. The molecule has 2 atom stereocenters. The molecule has 2 fully saturated rings. The third kappa shape index (κ3) is 4.77. The molecule has 144 valence electrons. The highest BCUT2D eigenvalue weighted by Gasteiger charge is 2.54. The summed E-state index contributed by atoms with van der Waals surface area (Å²) in [5, 5.41) is 0.757. The van der Waals surface area contributed by atoms with Gasteiger partial charge in [-0.25, -0.2) is 0 Å². The van der Waals surface area contributed by atoms with Gasteiger partial charge in [-0.1, -0.05) is 35.9 Å². The smallest absolute Gasteiger partial charge is 0.406 e. The normalized spacial score (nSPS) is 24.7. The van der Waals surface area contributed by atoms with Crippen LogP contribution in [0.3, 0.4) is 0 Å². The Morgan fingerprint density at radius 1 is 1.00 bits per heavy atom. The fraction of sp³-hybridized carbons (Fsp3) is 0.429. The van der Waals surface area contributed by atoms with E-state index in [4.69, 9.17) is 11.6 Å². The number of halogens is 4. The standard InChI is InChI=1S/C21H21ClF3NO/c22-16-7-4-15(5-8-16)11-26-12-19-18(20(19)13-26)9-6-14-2-1-3-17(10-14)27-21(23,24)25/h1-5,7-8,10,18-20H,6,9,11-13H2. The highest BCUT2D eigenvalue weighted by Crippen LogP contribution is 2.54. The molecule has 1 heterocycles. The summed E-state index contributed by atoms with van der Waals surface area (Å²) in [7, 11) is 0. The van der Waals surface area contributed by atoms with Gasteiger partial charge in [-0.15, -0.1) is 13.2 Å². The molecule has 1 saturated carbocycles. The van der Waals surface area contributed by atoms with Crippen LogP contribution < -0.4 is 4.74 Å². The van der Waals surface area contributed by atoms with Crippen molar-refractivity contribution in [3.63, 3.8) is 0 Å². The van der Waals surface area contributed by atoms with E-state index < -0.39 is 6.36 Å². The Labute approximate surface area is 161 Å². The number of hydrogen-bond donors (Lipinski definition) is 0. The lowest BCUT2D eigenvalue weighted by atomic mass is 10.0. The summed E-state index contributed by atoms with van der Waals surface area (Å²) in [6.45, 7) is 3.16. The highest BCUT2D eigenvalue weighted by molar-refractivity contribution is 6.30. The highest BCUT2D eigenvalue weighted by atomic mass is 35.5. The molecule has 2 aliphatic rings. The summed E-state index contributed by atoms with van der Waals surface area (Å²) < 4.78 is 41.0. The minimum Gasteiger partial charge on any atom is -0.406 e. The average molecular weight is 396 g/mol. The van der Waals surface area contributed by atoms with Gasteiger partial charge < -0.3 is 4.74 Å². The van der Waals surface area contributed by atoms with E-state index in [1.165, 1.54) is 17.7 Å². The first kappa shape index (κ1) is 18.6. The summed E-state index contributed by atoms with van der Waals surface area (Å²) in [4.78, 5) is 2.48. The minimum absolute atomic E-state index is 0.134. The van der Waals surface area contributed by atoms with Crippen LogP contribution >= 0.6 is 11.6 Å². The monoisotopic (exact) mass is 395 g/mol. The first-order valence-corrected chi connectivity index (χ1v) is 9.57. The van der Waals surface area contributed by atoms with Crippen LogP contribution in [0.1, 0.15) is 17.5 Å². The maximum absolute atomic E-state index is 12.3. The van der Waals surface area contributed by atoms with E-state index in [2.05, 4.69) is 21.8 Å². The van der Waals surface area contributed by atoms with Crippen LogP contribution in [-0.2, 0) is 13.0 Å². The second kappa shape index (κ2) is 7.36. The molecule has 0 aromatic heterocycles. The van der Waals surface area contributed by atoms with Crippen LogP contribution in [-0.4, -0.2) is 24.4 Å². The molecule has 1 saturated heterocycles. The SMILES string of the molecule is FC(F)(F)Oc1cccc(CCC2C3CN(Cc4ccc(Cl)cc4)CC23)c1. The van der Waals surface area contributed by atoms with E-state index in [9.17, 15) is 13.2 Å². The average Bonchev–Trinajstić information content (AvgIpc) is 3.05.